The number of nitrogens with zero attached hydrogens (tertiary/aromatic N) is 2. The molecule has 0 aliphatic carbocycles. The molecule has 0 saturated carbocycles. The van der Waals surface area contributed by atoms with Gasteiger partial charge in [-0.1, -0.05) is 6.07 Å². The molecule has 27 heavy (non-hydrogen) atoms. The first kappa shape index (κ1) is 20.5. The van der Waals surface area contributed by atoms with Gasteiger partial charge in [0.2, 0.25) is 0 Å². The standard InChI is InChI=1S/C20H28N4O3/c1-24(2)11-5-9-22-20(25)16-8-10-21-19(13-16)23-14-15-6-7-17(26-3)18(12-15)27-4/h6-8,10,12-13H,5,9,11,14H2,1-4H3,(H,21,23)(H,22,25). The van der Waals surface area contributed by atoms with E-state index in [0.29, 0.717) is 36.0 Å². The fraction of sp³-hybridized carbons (Fsp3) is 0.400. The van der Waals surface area contributed by atoms with Crippen molar-refractivity contribution >= 4 is 11.7 Å². The molecule has 2 rings (SSSR count). The fourth-order valence-electron chi connectivity index (χ4n) is 2.55. The molecule has 0 radical (unpaired) electrons. The summed E-state index contributed by atoms with van der Waals surface area (Å²) in [5, 5.41) is 6.16. The van der Waals surface area contributed by atoms with Crippen molar-refractivity contribution in [3.05, 3.63) is 47.7 Å². The number of aromatic nitrogens is 1. The van der Waals surface area contributed by atoms with E-state index in [9.17, 15) is 4.79 Å². The Morgan fingerprint density at radius 2 is 1.89 bits per heavy atom. The highest BCUT2D eigenvalue weighted by Gasteiger charge is 2.08. The van der Waals surface area contributed by atoms with Crippen molar-refractivity contribution in [3.63, 3.8) is 0 Å². The van der Waals surface area contributed by atoms with Crippen LogP contribution in [0.1, 0.15) is 22.3 Å². The van der Waals surface area contributed by atoms with Gasteiger partial charge in [0, 0.05) is 24.8 Å². The maximum Gasteiger partial charge on any atom is 0.251 e. The van der Waals surface area contributed by atoms with E-state index >= 15 is 0 Å². The van der Waals surface area contributed by atoms with Crippen LogP contribution in [0.25, 0.3) is 0 Å². The molecule has 0 unspecified atom stereocenters. The second kappa shape index (κ2) is 10.4. The predicted octanol–water partition coefficient (Wildman–Crippen LogP) is 2.39. The quantitative estimate of drug-likeness (QED) is 0.624. The minimum Gasteiger partial charge on any atom is -0.493 e. The summed E-state index contributed by atoms with van der Waals surface area (Å²) < 4.78 is 10.6. The summed E-state index contributed by atoms with van der Waals surface area (Å²) >= 11 is 0. The number of carbonyl (C=O) groups excluding carboxylic acids is 1. The van der Waals surface area contributed by atoms with Crippen molar-refractivity contribution < 1.29 is 14.3 Å². The molecule has 0 spiro atoms. The number of benzene rings is 1. The number of ether oxygens (including phenoxy) is 2. The van der Waals surface area contributed by atoms with Crippen molar-refractivity contribution in [3.8, 4) is 11.5 Å². The van der Waals surface area contributed by atoms with Gasteiger partial charge in [-0.15, -0.1) is 0 Å². The number of methoxy groups -OCH3 is 2. The normalized spacial score (nSPS) is 10.6. The number of hydrogen-bond donors (Lipinski definition) is 2. The van der Waals surface area contributed by atoms with E-state index in [0.717, 1.165) is 18.5 Å². The first-order chi connectivity index (χ1) is 13.0. The lowest BCUT2D eigenvalue weighted by Crippen LogP contribution is -2.27. The zero-order valence-corrected chi connectivity index (χ0v) is 16.4. The van der Waals surface area contributed by atoms with Crippen molar-refractivity contribution in [2.45, 2.75) is 13.0 Å². The largest absolute Gasteiger partial charge is 0.493 e. The van der Waals surface area contributed by atoms with Crippen LogP contribution in [0.5, 0.6) is 11.5 Å². The molecule has 1 aromatic heterocycles. The maximum absolute atomic E-state index is 12.3. The summed E-state index contributed by atoms with van der Waals surface area (Å²) in [6, 6.07) is 9.19. The second-order valence-electron chi connectivity index (χ2n) is 6.39. The number of amides is 1. The lowest BCUT2D eigenvalue weighted by atomic mass is 10.2. The van der Waals surface area contributed by atoms with Crippen molar-refractivity contribution in [2.24, 2.45) is 0 Å². The molecule has 146 valence electrons. The molecule has 0 saturated heterocycles. The number of nitrogens with one attached hydrogen (secondary N) is 2. The van der Waals surface area contributed by atoms with Crippen LogP contribution in [0.2, 0.25) is 0 Å². The minimum atomic E-state index is -0.0923. The van der Waals surface area contributed by atoms with E-state index in [1.807, 2.05) is 32.3 Å². The van der Waals surface area contributed by atoms with E-state index in [1.165, 1.54) is 0 Å². The number of anilines is 1. The van der Waals surface area contributed by atoms with E-state index in [4.69, 9.17) is 9.47 Å². The fourth-order valence-corrected chi connectivity index (χ4v) is 2.55. The Morgan fingerprint density at radius 1 is 1.11 bits per heavy atom. The van der Waals surface area contributed by atoms with Crippen molar-refractivity contribution in [2.75, 3.05) is 46.7 Å². The monoisotopic (exact) mass is 372 g/mol. The Hall–Kier alpha value is -2.80. The average Bonchev–Trinajstić information content (AvgIpc) is 2.69. The topological polar surface area (TPSA) is 75.7 Å². The maximum atomic E-state index is 12.3. The molecular formula is C20H28N4O3. The van der Waals surface area contributed by atoms with Crippen LogP contribution in [0.4, 0.5) is 5.82 Å². The zero-order chi connectivity index (χ0) is 19.6. The summed E-state index contributed by atoms with van der Waals surface area (Å²) in [4.78, 5) is 18.6. The van der Waals surface area contributed by atoms with Gasteiger partial charge in [0.1, 0.15) is 5.82 Å². The first-order valence-corrected chi connectivity index (χ1v) is 8.87. The van der Waals surface area contributed by atoms with Crippen molar-refractivity contribution in [1.82, 2.24) is 15.2 Å². The third kappa shape index (κ3) is 6.45. The van der Waals surface area contributed by atoms with Crippen LogP contribution in [-0.4, -0.2) is 57.2 Å². The van der Waals surface area contributed by atoms with E-state index in [1.54, 1.807) is 32.5 Å². The second-order valence-corrected chi connectivity index (χ2v) is 6.39. The Kier molecular flexibility index (Phi) is 7.88. The van der Waals surface area contributed by atoms with E-state index in [2.05, 4.69) is 20.5 Å². The highest BCUT2D eigenvalue weighted by atomic mass is 16.5. The van der Waals surface area contributed by atoms with Crippen LogP contribution in [0, 0.1) is 0 Å². The van der Waals surface area contributed by atoms with Crippen molar-refractivity contribution in [1.29, 1.82) is 0 Å². The van der Waals surface area contributed by atoms with Crippen LogP contribution in [0.3, 0.4) is 0 Å². The SMILES string of the molecule is COc1ccc(CNc2cc(C(=O)NCCCN(C)C)ccn2)cc1OC. The summed E-state index contributed by atoms with van der Waals surface area (Å²) in [5.74, 6) is 1.92. The van der Waals surface area contributed by atoms with Gasteiger partial charge in [-0.25, -0.2) is 4.98 Å². The Labute approximate surface area is 160 Å². The van der Waals surface area contributed by atoms with E-state index < -0.39 is 0 Å². The minimum absolute atomic E-state index is 0.0923. The van der Waals surface area contributed by atoms with Gasteiger partial charge in [-0.3, -0.25) is 4.79 Å². The summed E-state index contributed by atoms with van der Waals surface area (Å²) in [7, 11) is 7.25. The lowest BCUT2D eigenvalue weighted by molar-refractivity contribution is 0.0952. The molecule has 0 atom stereocenters. The first-order valence-electron chi connectivity index (χ1n) is 8.87. The molecule has 0 fully saturated rings. The summed E-state index contributed by atoms with van der Waals surface area (Å²) in [6.45, 7) is 2.14. The molecule has 1 amide bonds. The average molecular weight is 372 g/mol. The van der Waals surface area contributed by atoms with Gasteiger partial charge in [0.05, 0.1) is 14.2 Å². The summed E-state index contributed by atoms with van der Waals surface area (Å²) in [6.07, 6.45) is 2.54. The van der Waals surface area contributed by atoms with Crippen LogP contribution >= 0.6 is 0 Å². The summed E-state index contributed by atoms with van der Waals surface area (Å²) in [5.41, 5.74) is 1.61. The highest BCUT2D eigenvalue weighted by Crippen LogP contribution is 2.27. The van der Waals surface area contributed by atoms with Gasteiger partial charge >= 0.3 is 0 Å². The van der Waals surface area contributed by atoms with Gasteiger partial charge < -0.3 is 25.0 Å². The smallest absolute Gasteiger partial charge is 0.251 e. The lowest BCUT2D eigenvalue weighted by Gasteiger charge is -2.12. The highest BCUT2D eigenvalue weighted by molar-refractivity contribution is 5.94. The molecule has 0 aliphatic rings. The Balaban J connectivity index is 1.92. The third-order valence-corrected chi connectivity index (χ3v) is 4.01. The number of hydrogen-bond acceptors (Lipinski definition) is 6. The van der Waals surface area contributed by atoms with Crippen LogP contribution in [-0.2, 0) is 6.54 Å². The molecule has 7 nitrogen and oxygen atoms in total. The Bertz CT molecular complexity index is 750. The number of pyridine rings is 1. The van der Waals surface area contributed by atoms with Crippen LogP contribution in [0.15, 0.2) is 36.5 Å². The molecule has 2 aromatic rings. The third-order valence-electron chi connectivity index (χ3n) is 4.01. The number of rotatable bonds is 10. The molecule has 7 heteroatoms. The van der Waals surface area contributed by atoms with Gasteiger partial charge in [-0.05, 0) is 56.9 Å². The molecule has 0 aliphatic heterocycles. The predicted molar refractivity (Wildman–Crippen MR) is 107 cm³/mol. The Morgan fingerprint density at radius 3 is 2.59 bits per heavy atom. The van der Waals surface area contributed by atoms with Gasteiger partial charge in [0.25, 0.3) is 5.91 Å². The molecule has 1 heterocycles. The van der Waals surface area contributed by atoms with Gasteiger partial charge in [0.15, 0.2) is 11.5 Å². The van der Waals surface area contributed by atoms with Gasteiger partial charge in [-0.2, -0.15) is 0 Å². The zero-order valence-electron chi connectivity index (χ0n) is 16.4. The molecular weight excluding hydrogens is 344 g/mol. The molecule has 2 N–H and O–H groups in total. The molecule has 1 aromatic carbocycles. The van der Waals surface area contributed by atoms with E-state index in [-0.39, 0.29) is 5.91 Å². The number of carbonyl (C=O) groups is 1. The molecule has 0 bridgehead atoms. The van der Waals surface area contributed by atoms with Crippen LogP contribution < -0.4 is 20.1 Å².